The van der Waals surface area contributed by atoms with Crippen LogP contribution >= 0.6 is 34.9 Å². The summed E-state index contributed by atoms with van der Waals surface area (Å²) in [6.07, 6.45) is 6.51. The van der Waals surface area contributed by atoms with Crippen LogP contribution in [0.2, 0.25) is 5.02 Å². The van der Waals surface area contributed by atoms with Gasteiger partial charge in [-0.1, -0.05) is 11.6 Å². The van der Waals surface area contributed by atoms with Gasteiger partial charge in [-0.2, -0.15) is 0 Å². The normalized spacial score (nSPS) is 10.9. The monoisotopic (exact) mass is 447 g/mol. The number of aromatic nitrogens is 2. The Labute approximate surface area is 179 Å². The molecule has 0 spiro atoms. The first-order valence-electron chi connectivity index (χ1n) is 8.44. The third-order valence-electron chi connectivity index (χ3n) is 3.97. The molecule has 10 heteroatoms. The number of anilines is 3. The van der Waals surface area contributed by atoms with Gasteiger partial charge in [0.25, 0.3) is 0 Å². The van der Waals surface area contributed by atoms with Gasteiger partial charge in [-0.3, -0.25) is 4.98 Å². The van der Waals surface area contributed by atoms with Crippen molar-refractivity contribution in [2.75, 3.05) is 10.0 Å². The lowest BCUT2D eigenvalue weighted by Gasteiger charge is -2.14. The van der Waals surface area contributed by atoms with Crippen molar-refractivity contribution in [2.24, 2.45) is 5.73 Å². The molecule has 148 valence electrons. The Morgan fingerprint density at radius 2 is 2.14 bits per heavy atom. The number of nitrogens with one attached hydrogen (secondary N) is 2. The zero-order valence-electron chi connectivity index (χ0n) is 14.9. The SMILES string of the molecule is NCc1cc(-c2ccoc2)c(Nc2cc(F)c(SNc3nccs3)cc2Cl)cn1. The van der Waals surface area contributed by atoms with Gasteiger partial charge in [0.15, 0.2) is 5.13 Å². The summed E-state index contributed by atoms with van der Waals surface area (Å²) in [5.74, 6) is -0.414. The minimum atomic E-state index is -0.414. The first-order valence-corrected chi connectivity index (χ1v) is 10.5. The number of thiazole rings is 1. The lowest BCUT2D eigenvalue weighted by molar-refractivity contribution is 0.568. The van der Waals surface area contributed by atoms with Crippen molar-refractivity contribution in [2.45, 2.75) is 11.4 Å². The van der Waals surface area contributed by atoms with Gasteiger partial charge in [0.1, 0.15) is 5.82 Å². The van der Waals surface area contributed by atoms with Crippen LogP contribution in [0.3, 0.4) is 0 Å². The van der Waals surface area contributed by atoms with E-state index in [-0.39, 0.29) is 0 Å². The molecule has 0 bridgehead atoms. The Kier molecular flexibility index (Phi) is 6.00. The van der Waals surface area contributed by atoms with Gasteiger partial charge in [0.2, 0.25) is 0 Å². The molecule has 0 fully saturated rings. The third-order valence-corrected chi connectivity index (χ3v) is 5.93. The van der Waals surface area contributed by atoms with E-state index in [1.54, 1.807) is 31.0 Å². The molecule has 0 unspecified atom stereocenters. The van der Waals surface area contributed by atoms with Gasteiger partial charge >= 0.3 is 0 Å². The van der Waals surface area contributed by atoms with Crippen LogP contribution in [0.1, 0.15) is 5.69 Å². The van der Waals surface area contributed by atoms with Gasteiger partial charge in [-0.05, 0) is 30.1 Å². The number of rotatable bonds is 7. The van der Waals surface area contributed by atoms with E-state index in [0.29, 0.717) is 33.0 Å². The number of nitrogens with two attached hydrogens (primary N) is 1. The first-order chi connectivity index (χ1) is 14.1. The fourth-order valence-electron chi connectivity index (χ4n) is 2.59. The van der Waals surface area contributed by atoms with Crippen LogP contribution in [0.4, 0.5) is 20.9 Å². The second kappa shape index (κ2) is 8.83. The molecule has 0 saturated heterocycles. The summed E-state index contributed by atoms with van der Waals surface area (Å²) in [7, 11) is 0. The van der Waals surface area contributed by atoms with Gasteiger partial charge in [-0.25, -0.2) is 9.37 Å². The van der Waals surface area contributed by atoms with Crippen LogP contribution in [0.5, 0.6) is 0 Å². The van der Waals surface area contributed by atoms with Crippen LogP contribution in [-0.2, 0) is 6.54 Å². The molecule has 4 rings (SSSR count). The molecule has 0 atom stereocenters. The summed E-state index contributed by atoms with van der Waals surface area (Å²) < 4.78 is 22.8. The lowest BCUT2D eigenvalue weighted by Crippen LogP contribution is -2.02. The molecule has 6 nitrogen and oxygen atoms in total. The van der Waals surface area contributed by atoms with E-state index in [0.717, 1.165) is 28.8 Å². The van der Waals surface area contributed by atoms with Crippen molar-refractivity contribution in [3.05, 3.63) is 71.1 Å². The minimum Gasteiger partial charge on any atom is -0.472 e. The number of nitrogens with zero attached hydrogens (tertiary/aromatic N) is 2. The number of halogens is 2. The average Bonchev–Trinajstić information content (AvgIpc) is 3.44. The first kappa shape index (κ1) is 19.7. The third kappa shape index (κ3) is 4.54. The summed E-state index contributed by atoms with van der Waals surface area (Å²) in [6.45, 7) is 0.304. The molecule has 0 aliphatic rings. The van der Waals surface area contributed by atoms with Crippen LogP contribution in [0, 0.1) is 5.82 Å². The number of benzene rings is 1. The molecule has 3 heterocycles. The molecule has 4 N–H and O–H groups in total. The van der Waals surface area contributed by atoms with Crippen molar-refractivity contribution in [3.63, 3.8) is 0 Å². The fraction of sp³-hybridized carbons (Fsp3) is 0.0526. The molecular formula is C19H15ClFN5OS2. The molecule has 4 aromatic rings. The number of pyridine rings is 1. The largest absolute Gasteiger partial charge is 0.472 e. The fourth-order valence-corrected chi connectivity index (χ4v) is 4.14. The minimum absolute atomic E-state index is 0.304. The van der Waals surface area contributed by atoms with Gasteiger partial charge in [0.05, 0.1) is 45.7 Å². The second-order valence-corrected chi connectivity index (χ2v) is 8.02. The van der Waals surface area contributed by atoms with Crippen LogP contribution in [0.25, 0.3) is 11.1 Å². The van der Waals surface area contributed by atoms with Gasteiger partial charge in [0, 0.05) is 35.3 Å². The number of hydrogen-bond donors (Lipinski definition) is 3. The molecule has 0 aliphatic carbocycles. The summed E-state index contributed by atoms with van der Waals surface area (Å²) >= 11 is 8.94. The predicted octanol–water partition coefficient (Wildman–Crippen LogP) is 5.91. The Hall–Kier alpha value is -2.59. The highest BCUT2D eigenvalue weighted by Crippen LogP contribution is 2.36. The van der Waals surface area contributed by atoms with Crippen molar-refractivity contribution >= 4 is 51.4 Å². The summed E-state index contributed by atoms with van der Waals surface area (Å²) in [5.41, 5.74) is 9.20. The highest BCUT2D eigenvalue weighted by Gasteiger charge is 2.14. The van der Waals surface area contributed by atoms with E-state index in [1.165, 1.54) is 17.4 Å². The van der Waals surface area contributed by atoms with Crippen molar-refractivity contribution in [3.8, 4) is 11.1 Å². The second-order valence-electron chi connectivity index (χ2n) is 5.87. The molecule has 0 radical (unpaired) electrons. The standard InChI is InChI=1S/C19H15ClFN5OS2/c20-14-6-18(29-26-19-23-2-4-28-19)15(21)7-16(14)25-17-9-24-12(8-22)5-13(17)11-1-3-27-10-11/h1-7,9-10,25H,8,22H2,(H,23,26). The molecule has 0 aliphatic heterocycles. The Morgan fingerprint density at radius 1 is 1.24 bits per heavy atom. The van der Waals surface area contributed by atoms with E-state index in [2.05, 4.69) is 20.0 Å². The Morgan fingerprint density at radius 3 is 2.86 bits per heavy atom. The number of hydrogen-bond acceptors (Lipinski definition) is 8. The topological polar surface area (TPSA) is 89.0 Å². The molecule has 1 aromatic carbocycles. The van der Waals surface area contributed by atoms with E-state index in [4.69, 9.17) is 21.8 Å². The predicted molar refractivity (Wildman–Crippen MR) is 116 cm³/mol. The lowest BCUT2D eigenvalue weighted by atomic mass is 10.1. The Bertz CT molecular complexity index is 1110. The molecule has 0 saturated carbocycles. The highest BCUT2D eigenvalue weighted by molar-refractivity contribution is 8.00. The van der Waals surface area contributed by atoms with E-state index < -0.39 is 5.82 Å². The van der Waals surface area contributed by atoms with Crippen LogP contribution in [0.15, 0.2) is 63.9 Å². The van der Waals surface area contributed by atoms with E-state index >= 15 is 0 Å². The summed E-state index contributed by atoms with van der Waals surface area (Å²) in [5, 5.41) is 6.05. The number of furan rings is 1. The van der Waals surface area contributed by atoms with Crippen molar-refractivity contribution in [1.29, 1.82) is 0 Å². The quantitative estimate of drug-likeness (QED) is 0.303. The average molecular weight is 448 g/mol. The molecule has 3 aromatic heterocycles. The van der Waals surface area contributed by atoms with Gasteiger partial charge in [-0.15, -0.1) is 11.3 Å². The van der Waals surface area contributed by atoms with Crippen LogP contribution in [-0.4, -0.2) is 9.97 Å². The molecule has 0 amide bonds. The van der Waals surface area contributed by atoms with E-state index in [9.17, 15) is 4.39 Å². The van der Waals surface area contributed by atoms with Crippen molar-refractivity contribution in [1.82, 2.24) is 9.97 Å². The smallest absolute Gasteiger partial charge is 0.192 e. The maximum atomic E-state index is 14.6. The zero-order chi connectivity index (χ0) is 20.2. The highest BCUT2D eigenvalue weighted by atomic mass is 35.5. The van der Waals surface area contributed by atoms with Crippen molar-refractivity contribution < 1.29 is 8.81 Å². The van der Waals surface area contributed by atoms with Crippen LogP contribution < -0.4 is 15.8 Å². The zero-order valence-corrected chi connectivity index (χ0v) is 17.2. The molecule has 29 heavy (non-hydrogen) atoms. The summed E-state index contributed by atoms with van der Waals surface area (Å²) in [6, 6.07) is 6.60. The maximum absolute atomic E-state index is 14.6. The Balaban J connectivity index is 1.60. The maximum Gasteiger partial charge on any atom is 0.192 e. The van der Waals surface area contributed by atoms with E-state index in [1.807, 2.05) is 17.5 Å². The summed E-state index contributed by atoms with van der Waals surface area (Å²) in [4.78, 5) is 8.78. The molecular weight excluding hydrogens is 433 g/mol. The van der Waals surface area contributed by atoms with Gasteiger partial charge < -0.3 is 20.2 Å².